The van der Waals surface area contributed by atoms with E-state index in [0.717, 1.165) is 0 Å². The first-order chi connectivity index (χ1) is 7.62. The summed E-state index contributed by atoms with van der Waals surface area (Å²) >= 11 is 0. The molecule has 0 aromatic carbocycles. The third kappa shape index (κ3) is 3.30. The summed E-state index contributed by atoms with van der Waals surface area (Å²) in [5.74, 6) is 0.637. The fraction of sp³-hybridized carbons (Fsp3) is 0.917. The number of aliphatic imine (C=N–C) groups is 1. The van der Waals surface area contributed by atoms with Gasteiger partial charge in [0.1, 0.15) is 12.1 Å². The Balaban J connectivity index is 2.67. The predicted molar refractivity (Wildman–Crippen MR) is 72.0 cm³/mol. The number of ether oxygens (including phenoxy) is 1. The van der Waals surface area contributed by atoms with Crippen LogP contribution in [0, 0.1) is 0 Å². The maximum atomic E-state index is 9.48. The van der Waals surface area contributed by atoms with Crippen LogP contribution in [0.2, 0.25) is 18.1 Å². The van der Waals surface area contributed by atoms with E-state index in [1.54, 1.807) is 0 Å². The molecule has 0 bridgehead atoms. The van der Waals surface area contributed by atoms with Gasteiger partial charge in [0.25, 0.3) is 0 Å². The molecule has 1 aliphatic rings. The Kier molecular flexibility index (Phi) is 4.06. The van der Waals surface area contributed by atoms with Crippen molar-refractivity contribution in [2.45, 2.75) is 51.4 Å². The molecule has 0 amide bonds. The molecule has 0 radical (unpaired) electrons. The molecule has 1 rings (SSSR count). The first-order valence-electron chi connectivity index (χ1n) is 6.06. The molecule has 0 spiro atoms. The number of nitrogens with zero attached hydrogens (tertiary/aromatic N) is 1. The Morgan fingerprint density at radius 1 is 1.47 bits per heavy atom. The fourth-order valence-corrected chi connectivity index (χ4v) is 2.43. The van der Waals surface area contributed by atoms with E-state index < -0.39 is 13.9 Å². The maximum absolute atomic E-state index is 9.48. The molecule has 0 aromatic rings. The molecule has 1 N–H and O–H groups in total. The molecule has 0 aromatic heterocycles. The van der Waals surface area contributed by atoms with Gasteiger partial charge in [0.2, 0.25) is 0 Å². The average molecular weight is 259 g/mol. The highest BCUT2D eigenvalue weighted by atomic mass is 28.4. The molecular weight excluding hydrogens is 234 g/mol. The summed E-state index contributed by atoms with van der Waals surface area (Å²) in [6, 6.07) is 0. The lowest BCUT2D eigenvalue weighted by Gasteiger charge is -2.38. The molecule has 17 heavy (non-hydrogen) atoms. The fourth-order valence-electron chi connectivity index (χ4n) is 1.37. The van der Waals surface area contributed by atoms with Crippen LogP contribution in [0.3, 0.4) is 0 Å². The number of hydrogen-bond donors (Lipinski definition) is 1. The number of aliphatic hydroxyl groups is 1. The topological polar surface area (TPSA) is 51.1 Å². The molecule has 0 aliphatic carbocycles. The van der Waals surface area contributed by atoms with Gasteiger partial charge in [0, 0.05) is 6.92 Å². The Morgan fingerprint density at radius 3 is 2.41 bits per heavy atom. The van der Waals surface area contributed by atoms with Crippen molar-refractivity contribution in [3.8, 4) is 0 Å². The Hall–Kier alpha value is -0.393. The van der Waals surface area contributed by atoms with Crippen LogP contribution in [-0.2, 0) is 9.16 Å². The largest absolute Gasteiger partial charge is 0.478 e. The standard InChI is InChI=1S/C12H25NO3Si/c1-10-13-12(7-14,8-15-10)9-16-17(5,6)11(2,3)4/h14H,7-9H2,1-6H3. The van der Waals surface area contributed by atoms with Crippen LogP contribution in [0.5, 0.6) is 0 Å². The lowest BCUT2D eigenvalue weighted by atomic mass is 10.1. The molecule has 100 valence electrons. The third-order valence-electron chi connectivity index (χ3n) is 3.75. The lowest BCUT2D eigenvalue weighted by molar-refractivity contribution is 0.101. The Bertz CT molecular complexity index is 309. The zero-order valence-electron chi connectivity index (χ0n) is 11.8. The third-order valence-corrected chi connectivity index (χ3v) is 8.22. The molecular formula is C12H25NO3Si. The molecule has 1 atom stereocenters. The molecule has 1 heterocycles. The van der Waals surface area contributed by atoms with Gasteiger partial charge in [-0.15, -0.1) is 0 Å². The van der Waals surface area contributed by atoms with Crippen LogP contribution < -0.4 is 0 Å². The monoisotopic (exact) mass is 259 g/mol. The average Bonchev–Trinajstić information content (AvgIpc) is 2.57. The molecule has 5 heteroatoms. The van der Waals surface area contributed by atoms with Gasteiger partial charge in [0.15, 0.2) is 14.2 Å². The van der Waals surface area contributed by atoms with E-state index in [-0.39, 0.29) is 11.6 Å². The van der Waals surface area contributed by atoms with Crippen molar-refractivity contribution in [3.63, 3.8) is 0 Å². The van der Waals surface area contributed by atoms with E-state index in [1.165, 1.54) is 0 Å². The minimum Gasteiger partial charge on any atom is -0.478 e. The van der Waals surface area contributed by atoms with Crippen molar-refractivity contribution >= 4 is 14.2 Å². The molecule has 0 fully saturated rings. The van der Waals surface area contributed by atoms with Crippen molar-refractivity contribution < 1.29 is 14.3 Å². The van der Waals surface area contributed by atoms with E-state index in [1.807, 2.05) is 6.92 Å². The first-order valence-corrected chi connectivity index (χ1v) is 8.97. The van der Waals surface area contributed by atoms with Crippen LogP contribution in [0.25, 0.3) is 0 Å². The summed E-state index contributed by atoms with van der Waals surface area (Å²) in [5, 5.41) is 9.65. The summed E-state index contributed by atoms with van der Waals surface area (Å²) in [6.07, 6.45) is 0. The van der Waals surface area contributed by atoms with Crippen molar-refractivity contribution in [3.05, 3.63) is 0 Å². The van der Waals surface area contributed by atoms with Gasteiger partial charge < -0.3 is 14.3 Å². The van der Waals surface area contributed by atoms with Gasteiger partial charge >= 0.3 is 0 Å². The lowest BCUT2D eigenvalue weighted by Crippen LogP contribution is -2.47. The van der Waals surface area contributed by atoms with Crippen LogP contribution in [0.15, 0.2) is 4.99 Å². The quantitative estimate of drug-likeness (QED) is 0.787. The molecule has 0 saturated carbocycles. The van der Waals surface area contributed by atoms with Crippen molar-refractivity contribution in [2.75, 3.05) is 19.8 Å². The SMILES string of the molecule is CC1=NC(CO)(CO[Si](C)(C)C(C)(C)C)CO1. The van der Waals surface area contributed by atoms with Gasteiger partial charge in [-0.3, -0.25) is 0 Å². The van der Waals surface area contributed by atoms with Crippen LogP contribution in [0.1, 0.15) is 27.7 Å². The van der Waals surface area contributed by atoms with Gasteiger partial charge in [-0.25, -0.2) is 4.99 Å². The van der Waals surface area contributed by atoms with Crippen molar-refractivity contribution in [2.24, 2.45) is 4.99 Å². The zero-order valence-corrected chi connectivity index (χ0v) is 12.8. The summed E-state index contributed by atoms with van der Waals surface area (Å²) in [7, 11) is -1.79. The minimum absolute atomic E-state index is 0.0288. The highest BCUT2D eigenvalue weighted by molar-refractivity contribution is 6.74. The summed E-state index contributed by atoms with van der Waals surface area (Å²) in [5.41, 5.74) is -0.584. The maximum Gasteiger partial charge on any atom is 0.192 e. The van der Waals surface area contributed by atoms with Crippen molar-refractivity contribution in [1.82, 2.24) is 0 Å². The summed E-state index contributed by atoms with van der Waals surface area (Å²) in [6.45, 7) is 13.6. The van der Waals surface area contributed by atoms with Gasteiger partial charge in [-0.05, 0) is 18.1 Å². The number of hydrogen-bond acceptors (Lipinski definition) is 4. The highest BCUT2D eigenvalue weighted by Gasteiger charge is 2.42. The van der Waals surface area contributed by atoms with E-state index in [4.69, 9.17) is 9.16 Å². The highest BCUT2D eigenvalue weighted by Crippen LogP contribution is 2.37. The van der Waals surface area contributed by atoms with E-state index in [2.05, 4.69) is 38.9 Å². The molecule has 0 saturated heterocycles. The van der Waals surface area contributed by atoms with Crippen LogP contribution in [-0.4, -0.2) is 44.7 Å². The van der Waals surface area contributed by atoms with Gasteiger partial charge in [0.05, 0.1) is 13.2 Å². The summed E-state index contributed by atoms with van der Waals surface area (Å²) < 4.78 is 11.4. The predicted octanol–water partition coefficient (Wildman–Crippen LogP) is 2.19. The second-order valence-corrected chi connectivity index (χ2v) is 11.2. The Morgan fingerprint density at radius 2 is 2.06 bits per heavy atom. The van der Waals surface area contributed by atoms with Crippen LogP contribution >= 0.6 is 0 Å². The zero-order chi connectivity index (χ0) is 13.3. The summed E-state index contributed by atoms with van der Waals surface area (Å²) in [4.78, 5) is 4.37. The normalized spacial score (nSPS) is 25.7. The molecule has 1 unspecified atom stereocenters. The van der Waals surface area contributed by atoms with Crippen LogP contribution in [0.4, 0.5) is 0 Å². The first kappa shape index (κ1) is 14.7. The number of aliphatic hydroxyl groups excluding tert-OH is 1. The van der Waals surface area contributed by atoms with E-state index in [9.17, 15) is 5.11 Å². The van der Waals surface area contributed by atoms with Gasteiger partial charge in [-0.2, -0.15) is 0 Å². The molecule has 4 nitrogen and oxygen atoms in total. The van der Waals surface area contributed by atoms with E-state index in [0.29, 0.717) is 19.1 Å². The second kappa shape index (κ2) is 4.70. The van der Waals surface area contributed by atoms with Gasteiger partial charge in [-0.1, -0.05) is 20.8 Å². The Labute approximate surface area is 105 Å². The molecule has 1 aliphatic heterocycles. The minimum atomic E-state index is -1.79. The smallest absolute Gasteiger partial charge is 0.192 e. The number of rotatable bonds is 4. The van der Waals surface area contributed by atoms with E-state index >= 15 is 0 Å². The van der Waals surface area contributed by atoms with Crippen molar-refractivity contribution in [1.29, 1.82) is 0 Å². The second-order valence-electron chi connectivity index (χ2n) is 6.35.